The number of carbonyl (C=O) groups is 2. The van der Waals surface area contributed by atoms with Crippen molar-refractivity contribution in [2.24, 2.45) is 0 Å². The molecule has 8 nitrogen and oxygen atoms in total. The molecule has 0 radical (unpaired) electrons. The number of Topliss-reactive ketones (excluding diaryl/α,β-unsaturated/α-hetero) is 1. The maximum atomic E-state index is 14.3. The number of nitrogens with one attached hydrogen (secondary N) is 1. The summed E-state index contributed by atoms with van der Waals surface area (Å²) >= 11 is 0. The fourth-order valence-corrected chi connectivity index (χ4v) is 4.62. The van der Waals surface area contributed by atoms with Crippen molar-refractivity contribution in [2.75, 3.05) is 25.2 Å². The molecule has 2 aromatic rings. The van der Waals surface area contributed by atoms with Crippen LogP contribution in [0.2, 0.25) is 0 Å². The van der Waals surface area contributed by atoms with E-state index in [1.54, 1.807) is 13.8 Å². The summed E-state index contributed by atoms with van der Waals surface area (Å²) in [6.07, 6.45) is 0. The molecule has 0 aromatic heterocycles. The largest absolute Gasteiger partial charge is 0.454 e. The summed E-state index contributed by atoms with van der Waals surface area (Å²) in [5.41, 5.74) is 0.300. The van der Waals surface area contributed by atoms with Gasteiger partial charge in [0.25, 0.3) is 5.91 Å². The van der Waals surface area contributed by atoms with Gasteiger partial charge in [-0.2, -0.15) is 4.31 Å². The van der Waals surface area contributed by atoms with Crippen molar-refractivity contribution in [3.63, 3.8) is 0 Å². The highest BCUT2D eigenvalue weighted by Crippen LogP contribution is 2.37. The van der Waals surface area contributed by atoms with E-state index in [4.69, 9.17) is 9.47 Å². The Kier molecular flexibility index (Phi) is 6.09. The average Bonchev–Trinajstić information content (AvgIpc) is 3.15. The van der Waals surface area contributed by atoms with Gasteiger partial charge in [0.2, 0.25) is 16.8 Å². The summed E-state index contributed by atoms with van der Waals surface area (Å²) in [5.74, 6) is -1.22. The lowest BCUT2D eigenvalue weighted by Gasteiger charge is -2.19. The second-order valence-corrected chi connectivity index (χ2v) is 8.40. The van der Waals surface area contributed by atoms with Gasteiger partial charge in [0, 0.05) is 30.3 Å². The Morgan fingerprint density at radius 3 is 2.33 bits per heavy atom. The zero-order chi connectivity index (χ0) is 22.1. The van der Waals surface area contributed by atoms with Gasteiger partial charge in [0.1, 0.15) is 10.7 Å². The SMILES string of the molecule is CCN(CC)S(=O)(=O)c1cc(C(=O)Nc2cc3c(cc2C(C)=O)OCO3)ccc1F. The summed E-state index contributed by atoms with van der Waals surface area (Å²) in [7, 11) is -4.10. The smallest absolute Gasteiger partial charge is 0.255 e. The van der Waals surface area contributed by atoms with E-state index in [-0.39, 0.29) is 42.5 Å². The van der Waals surface area contributed by atoms with E-state index in [2.05, 4.69) is 5.32 Å². The predicted molar refractivity (Wildman–Crippen MR) is 107 cm³/mol. The Hall–Kier alpha value is -2.98. The summed E-state index contributed by atoms with van der Waals surface area (Å²) in [6, 6.07) is 6.00. The van der Waals surface area contributed by atoms with Crippen LogP contribution in [0.5, 0.6) is 11.5 Å². The maximum Gasteiger partial charge on any atom is 0.255 e. The van der Waals surface area contributed by atoms with Gasteiger partial charge in [0.15, 0.2) is 17.3 Å². The number of hydrogen-bond acceptors (Lipinski definition) is 6. The van der Waals surface area contributed by atoms with Gasteiger partial charge in [0.05, 0.1) is 5.69 Å². The van der Waals surface area contributed by atoms with Crippen LogP contribution < -0.4 is 14.8 Å². The highest BCUT2D eigenvalue weighted by Gasteiger charge is 2.27. The van der Waals surface area contributed by atoms with Gasteiger partial charge >= 0.3 is 0 Å². The Morgan fingerprint density at radius 2 is 1.73 bits per heavy atom. The third-order valence-corrected chi connectivity index (χ3v) is 6.72. The molecule has 30 heavy (non-hydrogen) atoms. The van der Waals surface area contributed by atoms with E-state index in [0.717, 1.165) is 16.4 Å². The fraction of sp³-hybridized carbons (Fsp3) is 0.300. The molecule has 10 heteroatoms. The molecule has 1 N–H and O–H groups in total. The standard InChI is InChI=1S/C20H21FN2O6S/c1-4-23(5-2)30(26,27)19-8-13(6-7-15(19)21)20(25)22-16-10-18-17(28-11-29-18)9-14(16)12(3)24/h6-10H,4-5,11H2,1-3H3,(H,22,25). The number of benzene rings is 2. The third-order valence-electron chi connectivity index (χ3n) is 4.66. The van der Waals surface area contributed by atoms with E-state index in [9.17, 15) is 22.4 Å². The predicted octanol–water partition coefficient (Wildman–Crippen LogP) is 3.04. The number of halogens is 1. The van der Waals surface area contributed by atoms with Crippen LogP contribution in [0.15, 0.2) is 35.2 Å². The maximum absolute atomic E-state index is 14.3. The Bertz CT molecular complexity index is 1110. The molecule has 0 atom stereocenters. The highest BCUT2D eigenvalue weighted by molar-refractivity contribution is 7.89. The number of fused-ring (bicyclic) bond motifs is 1. The van der Waals surface area contributed by atoms with Crippen molar-refractivity contribution < 1.29 is 31.9 Å². The minimum absolute atomic E-state index is 0.00534. The van der Waals surface area contributed by atoms with Gasteiger partial charge in [-0.3, -0.25) is 9.59 Å². The molecule has 0 fully saturated rings. The van der Waals surface area contributed by atoms with E-state index >= 15 is 0 Å². The summed E-state index contributed by atoms with van der Waals surface area (Å²) in [4.78, 5) is 24.1. The van der Waals surface area contributed by atoms with Gasteiger partial charge < -0.3 is 14.8 Å². The van der Waals surface area contributed by atoms with Crippen LogP contribution in [-0.2, 0) is 10.0 Å². The molecule has 1 aliphatic heterocycles. The first kappa shape index (κ1) is 21.7. The van der Waals surface area contributed by atoms with Crippen LogP contribution >= 0.6 is 0 Å². The Morgan fingerprint density at radius 1 is 1.10 bits per heavy atom. The van der Waals surface area contributed by atoms with Crippen LogP contribution in [0, 0.1) is 5.82 Å². The average molecular weight is 436 g/mol. The van der Waals surface area contributed by atoms with E-state index in [1.807, 2.05) is 0 Å². The number of rotatable bonds is 7. The van der Waals surface area contributed by atoms with Crippen molar-refractivity contribution in [1.82, 2.24) is 4.31 Å². The molecule has 0 spiro atoms. The fourth-order valence-electron chi connectivity index (χ4n) is 3.08. The second kappa shape index (κ2) is 8.41. The molecule has 160 valence electrons. The molecular weight excluding hydrogens is 415 g/mol. The zero-order valence-electron chi connectivity index (χ0n) is 16.7. The lowest BCUT2D eigenvalue weighted by molar-refractivity contribution is 0.101. The normalized spacial score (nSPS) is 12.8. The van der Waals surface area contributed by atoms with Crippen molar-refractivity contribution in [3.8, 4) is 11.5 Å². The van der Waals surface area contributed by atoms with Gasteiger partial charge in [-0.15, -0.1) is 0 Å². The molecular formula is C20H21FN2O6S. The van der Waals surface area contributed by atoms with Crippen LogP contribution in [0.1, 0.15) is 41.5 Å². The van der Waals surface area contributed by atoms with Crippen molar-refractivity contribution in [2.45, 2.75) is 25.7 Å². The summed E-state index contributed by atoms with van der Waals surface area (Å²) in [6.45, 7) is 4.92. The molecule has 1 heterocycles. The number of hydrogen-bond donors (Lipinski definition) is 1. The number of carbonyl (C=O) groups excluding carboxylic acids is 2. The number of nitrogens with zero attached hydrogens (tertiary/aromatic N) is 1. The topological polar surface area (TPSA) is 102 Å². The first-order valence-corrected chi connectivity index (χ1v) is 10.7. The monoisotopic (exact) mass is 436 g/mol. The second-order valence-electron chi connectivity index (χ2n) is 6.50. The minimum Gasteiger partial charge on any atom is -0.454 e. The molecule has 0 unspecified atom stereocenters. The van der Waals surface area contributed by atoms with Gasteiger partial charge in [-0.25, -0.2) is 12.8 Å². The molecule has 1 amide bonds. The lowest BCUT2D eigenvalue weighted by atomic mass is 10.1. The first-order chi connectivity index (χ1) is 14.2. The van der Waals surface area contributed by atoms with E-state index in [0.29, 0.717) is 11.5 Å². The number of sulfonamides is 1. The van der Waals surface area contributed by atoms with Crippen molar-refractivity contribution in [1.29, 1.82) is 0 Å². The first-order valence-electron chi connectivity index (χ1n) is 9.24. The molecule has 2 aromatic carbocycles. The summed E-state index contributed by atoms with van der Waals surface area (Å²) in [5, 5.41) is 2.57. The highest BCUT2D eigenvalue weighted by atomic mass is 32.2. The quantitative estimate of drug-likeness (QED) is 0.670. The van der Waals surface area contributed by atoms with Crippen molar-refractivity contribution >= 4 is 27.4 Å². The molecule has 1 aliphatic rings. The van der Waals surface area contributed by atoms with Crippen LogP contribution in [-0.4, -0.2) is 44.3 Å². The van der Waals surface area contributed by atoms with Gasteiger partial charge in [-0.1, -0.05) is 13.8 Å². The van der Waals surface area contributed by atoms with Crippen molar-refractivity contribution in [3.05, 3.63) is 47.3 Å². The van der Waals surface area contributed by atoms with Crippen LogP contribution in [0.3, 0.4) is 0 Å². The molecule has 0 saturated heterocycles. The Labute approximate surface area is 173 Å². The summed E-state index contributed by atoms with van der Waals surface area (Å²) < 4.78 is 51.3. The molecule has 0 saturated carbocycles. The molecule has 0 aliphatic carbocycles. The number of anilines is 1. The molecule has 3 rings (SSSR count). The van der Waals surface area contributed by atoms with Gasteiger partial charge in [-0.05, 0) is 31.2 Å². The van der Waals surface area contributed by atoms with Crippen LogP contribution in [0.4, 0.5) is 10.1 Å². The number of amides is 1. The molecule has 0 bridgehead atoms. The third kappa shape index (κ3) is 4.01. The van der Waals surface area contributed by atoms with Crippen LogP contribution in [0.25, 0.3) is 0 Å². The lowest BCUT2D eigenvalue weighted by Crippen LogP contribution is -2.31. The minimum atomic E-state index is -4.10. The number of ether oxygens (including phenoxy) is 2. The van der Waals surface area contributed by atoms with E-state index < -0.39 is 26.6 Å². The zero-order valence-corrected chi connectivity index (χ0v) is 17.5. The number of ketones is 1. The Balaban J connectivity index is 1.97. The van der Waals surface area contributed by atoms with E-state index in [1.165, 1.54) is 25.1 Å².